The fraction of sp³-hybridized carbons (Fsp3) is 0.143. The van der Waals surface area contributed by atoms with E-state index in [-0.39, 0.29) is 0 Å². The third-order valence-corrected chi connectivity index (χ3v) is 4.78. The Morgan fingerprint density at radius 2 is 2.28 bits per heavy atom. The van der Waals surface area contributed by atoms with Crippen LogP contribution in [0.3, 0.4) is 0 Å². The molecule has 3 rings (SSSR count). The van der Waals surface area contributed by atoms with Gasteiger partial charge in [-0.2, -0.15) is 0 Å². The molecule has 0 fully saturated rings. The fourth-order valence-corrected chi connectivity index (χ4v) is 3.68. The van der Waals surface area contributed by atoms with Crippen molar-refractivity contribution in [2.24, 2.45) is 0 Å². The van der Waals surface area contributed by atoms with Gasteiger partial charge in [0.2, 0.25) is 0 Å². The van der Waals surface area contributed by atoms with Crippen molar-refractivity contribution in [3.05, 3.63) is 47.4 Å². The molecule has 0 unspecified atom stereocenters. The molecule has 2 aromatic rings. The summed E-state index contributed by atoms with van der Waals surface area (Å²) in [5.41, 5.74) is 2.28. The van der Waals surface area contributed by atoms with E-state index < -0.39 is 0 Å². The van der Waals surface area contributed by atoms with Crippen LogP contribution in [0.25, 0.3) is 5.70 Å². The van der Waals surface area contributed by atoms with E-state index in [1.807, 2.05) is 7.05 Å². The highest BCUT2D eigenvalue weighted by Crippen LogP contribution is 2.36. The van der Waals surface area contributed by atoms with Gasteiger partial charge in [-0.1, -0.05) is 17.8 Å². The lowest BCUT2D eigenvalue weighted by atomic mass is 10.1. The molecule has 0 spiro atoms. The van der Waals surface area contributed by atoms with Crippen molar-refractivity contribution in [3.63, 3.8) is 0 Å². The van der Waals surface area contributed by atoms with E-state index in [1.54, 1.807) is 23.1 Å². The minimum Gasteiger partial charge on any atom is -0.489 e. The van der Waals surface area contributed by atoms with Crippen LogP contribution in [-0.2, 0) is 0 Å². The van der Waals surface area contributed by atoms with E-state index in [4.69, 9.17) is 4.74 Å². The van der Waals surface area contributed by atoms with Crippen LogP contribution in [0.2, 0.25) is 0 Å². The van der Waals surface area contributed by atoms with Crippen LogP contribution >= 0.6 is 23.1 Å². The zero-order valence-electron chi connectivity index (χ0n) is 9.97. The van der Waals surface area contributed by atoms with Crippen molar-refractivity contribution in [3.8, 4) is 5.75 Å². The predicted molar refractivity (Wildman–Crippen MR) is 77.4 cm³/mol. The third-order valence-electron chi connectivity index (χ3n) is 2.75. The molecular weight excluding hydrogens is 262 g/mol. The Balaban J connectivity index is 1.90. The topological polar surface area (TPSA) is 21.3 Å². The smallest absolute Gasteiger partial charge is 0.130 e. The monoisotopic (exact) mass is 275 g/mol. The number of ether oxygens (including phenoxy) is 1. The average molecular weight is 275 g/mol. The Hall–Kier alpha value is -1.39. The molecule has 0 saturated heterocycles. The van der Waals surface area contributed by atoms with Gasteiger partial charge in [-0.15, -0.1) is 11.3 Å². The average Bonchev–Trinajstić information content (AvgIpc) is 2.90. The number of nitrogens with one attached hydrogen (secondary N) is 1. The SMILES string of the molecule is CNC1=CCOc2cc(Sc3cccs3)ccc21. The van der Waals surface area contributed by atoms with Gasteiger partial charge in [-0.05, 0) is 35.7 Å². The highest BCUT2D eigenvalue weighted by Gasteiger charge is 2.13. The summed E-state index contributed by atoms with van der Waals surface area (Å²) in [6, 6.07) is 10.6. The molecule has 0 saturated carbocycles. The first kappa shape index (κ1) is 11.7. The molecule has 1 aliphatic heterocycles. The van der Waals surface area contributed by atoms with Crippen molar-refractivity contribution in [2.45, 2.75) is 9.10 Å². The lowest BCUT2D eigenvalue weighted by Gasteiger charge is -2.19. The van der Waals surface area contributed by atoms with Gasteiger partial charge in [0.1, 0.15) is 12.4 Å². The van der Waals surface area contributed by atoms with Gasteiger partial charge in [0.05, 0.1) is 4.21 Å². The second-order valence-corrected chi connectivity index (χ2v) is 6.19. The van der Waals surface area contributed by atoms with E-state index in [0.29, 0.717) is 6.61 Å². The lowest BCUT2D eigenvalue weighted by Crippen LogP contribution is -2.13. The van der Waals surface area contributed by atoms with Gasteiger partial charge >= 0.3 is 0 Å². The number of hydrogen-bond acceptors (Lipinski definition) is 4. The summed E-state index contributed by atoms with van der Waals surface area (Å²) in [5.74, 6) is 0.961. The Morgan fingerprint density at radius 1 is 1.33 bits per heavy atom. The molecule has 2 heterocycles. The van der Waals surface area contributed by atoms with Crippen molar-refractivity contribution >= 4 is 28.8 Å². The minimum absolute atomic E-state index is 0.635. The third kappa shape index (κ3) is 2.26. The summed E-state index contributed by atoms with van der Waals surface area (Å²) in [4.78, 5) is 1.22. The summed E-state index contributed by atoms with van der Waals surface area (Å²) >= 11 is 3.53. The first-order chi connectivity index (χ1) is 8.86. The molecule has 1 N–H and O–H groups in total. The van der Waals surface area contributed by atoms with E-state index >= 15 is 0 Å². The predicted octanol–water partition coefficient (Wildman–Crippen LogP) is 3.85. The van der Waals surface area contributed by atoms with Gasteiger partial charge in [-0.25, -0.2) is 0 Å². The summed E-state index contributed by atoms with van der Waals surface area (Å²) < 4.78 is 6.99. The Morgan fingerprint density at radius 3 is 3.06 bits per heavy atom. The first-order valence-corrected chi connectivity index (χ1v) is 7.43. The van der Waals surface area contributed by atoms with Crippen LogP contribution in [0.5, 0.6) is 5.75 Å². The van der Waals surface area contributed by atoms with E-state index in [2.05, 4.69) is 47.1 Å². The molecule has 1 aromatic heterocycles. The normalized spacial score (nSPS) is 13.5. The molecule has 0 aliphatic carbocycles. The highest BCUT2D eigenvalue weighted by atomic mass is 32.2. The van der Waals surface area contributed by atoms with Gasteiger partial charge < -0.3 is 10.1 Å². The number of rotatable bonds is 3. The van der Waals surface area contributed by atoms with Gasteiger partial charge in [-0.3, -0.25) is 0 Å². The molecule has 4 heteroatoms. The highest BCUT2D eigenvalue weighted by molar-refractivity contribution is 8.01. The zero-order chi connectivity index (χ0) is 12.4. The van der Waals surface area contributed by atoms with E-state index in [0.717, 1.165) is 17.0 Å². The largest absolute Gasteiger partial charge is 0.489 e. The van der Waals surface area contributed by atoms with Crippen LogP contribution in [0.1, 0.15) is 5.56 Å². The molecular formula is C14H13NOS2. The Labute approximate surface area is 115 Å². The molecule has 18 heavy (non-hydrogen) atoms. The van der Waals surface area contributed by atoms with Gasteiger partial charge in [0, 0.05) is 23.2 Å². The molecule has 92 valence electrons. The first-order valence-electron chi connectivity index (χ1n) is 5.73. The fourth-order valence-electron chi connectivity index (χ4n) is 1.91. The van der Waals surface area contributed by atoms with Crippen LogP contribution in [0, 0.1) is 0 Å². The van der Waals surface area contributed by atoms with Crippen LogP contribution in [-0.4, -0.2) is 13.7 Å². The van der Waals surface area contributed by atoms with Crippen LogP contribution < -0.4 is 10.1 Å². The molecule has 1 aliphatic rings. The number of hydrogen-bond donors (Lipinski definition) is 1. The molecule has 0 radical (unpaired) electrons. The van der Waals surface area contributed by atoms with Crippen molar-refractivity contribution < 1.29 is 4.74 Å². The van der Waals surface area contributed by atoms with E-state index in [1.165, 1.54) is 9.10 Å². The second kappa shape index (κ2) is 5.08. The maximum absolute atomic E-state index is 5.69. The number of benzene rings is 1. The number of thiophene rings is 1. The Bertz CT molecular complexity index is 575. The maximum atomic E-state index is 5.69. The van der Waals surface area contributed by atoms with Crippen LogP contribution in [0.15, 0.2) is 50.9 Å². The van der Waals surface area contributed by atoms with Crippen molar-refractivity contribution in [1.82, 2.24) is 5.32 Å². The lowest BCUT2D eigenvalue weighted by molar-refractivity contribution is 0.355. The number of fused-ring (bicyclic) bond motifs is 1. The summed E-state index contributed by atoms with van der Waals surface area (Å²) in [6.45, 7) is 0.635. The van der Waals surface area contributed by atoms with Gasteiger partial charge in [0.15, 0.2) is 0 Å². The zero-order valence-corrected chi connectivity index (χ0v) is 11.6. The molecule has 0 amide bonds. The quantitative estimate of drug-likeness (QED) is 0.919. The maximum Gasteiger partial charge on any atom is 0.130 e. The van der Waals surface area contributed by atoms with Gasteiger partial charge in [0.25, 0.3) is 0 Å². The molecule has 1 aromatic carbocycles. The molecule has 0 atom stereocenters. The molecule has 2 nitrogen and oxygen atoms in total. The summed E-state index contributed by atoms with van der Waals surface area (Å²) in [6.07, 6.45) is 2.06. The standard InChI is InChI=1S/C14H13NOS2/c1-15-12-6-7-16-13-9-10(4-5-11(12)13)18-14-3-2-8-17-14/h2-6,8-9,15H,7H2,1H3. The minimum atomic E-state index is 0.635. The van der Waals surface area contributed by atoms with E-state index in [9.17, 15) is 0 Å². The molecule has 0 bridgehead atoms. The summed E-state index contributed by atoms with van der Waals surface area (Å²) in [5, 5.41) is 5.30. The second-order valence-electron chi connectivity index (χ2n) is 3.87. The van der Waals surface area contributed by atoms with Crippen LogP contribution in [0.4, 0.5) is 0 Å². The van der Waals surface area contributed by atoms with Crippen molar-refractivity contribution in [2.75, 3.05) is 13.7 Å². The Kier molecular flexibility index (Phi) is 3.30. The summed E-state index contributed by atoms with van der Waals surface area (Å²) in [7, 11) is 1.94. The van der Waals surface area contributed by atoms with Crippen molar-refractivity contribution in [1.29, 1.82) is 0 Å².